The van der Waals surface area contributed by atoms with E-state index in [9.17, 15) is 14.7 Å². The molecule has 98 valence electrons. The molecule has 2 atom stereocenters. The summed E-state index contributed by atoms with van der Waals surface area (Å²) in [5.74, 6) is 3.41. The van der Waals surface area contributed by atoms with Crippen LogP contribution in [0, 0.1) is 5.92 Å². The second-order valence-corrected chi connectivity index (χ2v) is 3.93. The second-order valence-electron chi connectivity index (χ2n) is 3.93. The Hall–Kier alpha value is -1.92. The van der Waals surface area contributed by atoms with Crippen LogP contribution < -0.4 is 16.6 Å². The molecular weight excluding hydrogens is 234 g/mol. The fraction of sp³-hybridized carbons (Fsp3) is 0.333. The van der Waals surface area contributed by atoms with Gasteiger partial charge in [0.1, 0.15) is 0 Å². The van der Waals surface area contributed by atoms with Gasteiger partial charge < -0.3 is 10.4 Å². The maximum Gasteiger partial charge on any atom is 0.251 e. The molecule has 2 unspecified atom stereocenters. The zero-order chi connectivity index (χ0) is 13.5. The Morgan fingerprint density at radius 2 is 1.94 bits per heavy atom. The smallest absolute Gasteiger partial charge is 0.251 e. The van der Waals surface area contributed by atoms with Gasteiger partial charge in [0.15, 0.2) is 0 Å². The summed E-state index contributed by atoms with van der Waals surface area (Å²) in [6, 6.07) is 8.62. The minimum absolute atomic E-state index is 0.0222. The molecule has 1 aromatic rings. The largest absolute Gasteiger partial charge is 0.393 e. The van der Waals surface area contributed by atoms with Crippen molar-refractivity contribution < 1.29 is 14.7 Å². The number of carbonyl (C=O) groups is 2. The Morgan fingerprint density at radius 3 is 2.44 bits per heavy atom. The number of carbonyl (C=O) groups excluding carboxylic acids is 2. The van der Waals surface area contributed by atoms with Gasteiger partial charge in [-0.05, 0) is 19.1 Å². The first-order valence-corrected chi connectivity index (χ1v) is 5.58. The molecule has 0 aliphatic carbocycles. The molecule has 0 bridgehead atoms. The van der Waals surface area contributed by atoms with E-state index in [0.717, 1.165) is 0 Å². The van der Waals surface area contributed by atoms with Crippen molar-refractivity contribution in [2.24, 2.45) is 11.8 Å². The number of rotatable bonds is 5. The molecule has 2 amide bonds. The highest BCUT2D eigenvalue weighted by Crippen LogP contribution is 2.03. The van der Waals surface area contributed by atoms with Crippen molar-refractivity contribution in [3.05, 3.63) is 35.9 Å². The Bertz CT molecular complexity index is 406. The SMILES string of the molecule is CC(O)C(CNC(=O)c1ccccc1)C(=O)NN. The zero-order valence-corrected chi connectivity index (χ0v) is 10.1. The molecule has 0 aromatic heterocycles. The number of hydrogen-bond donors (Lipinski definition) is 4. The molecule has 18 heavy (non-hydrogen) atoms. The van der Waals surface area contributed by atoms with Crippen LogP contribution in [0.25, 0.3) is 0 Å². The molecule has 6 heteroatoms. The van der Waals surface area contributed by atoms with Crippen molar-refractivity contribution in [3.63, 3.8) is 0 Å². The van der Waals surface area contributed by atoms with E-state index in [2.05, 4.69) is 5.32 Å². The molecule has 6 nitrogen and oxygen atoms in total. The van der Waals surface area contributed by atoms with Crippen LogP contribution in [0.15, 0.2) is 30.3 Å². The summed E-state index contributed by atoms with van der Waals surface area (Å²) in [5, 5.41) is 12.0. The predicted molar refractivity (Wildman–Crippen MR) is 66.3 cm³/mol. The van der Waals surface area contributed by atoms with Crippen LogP contribution >= 0.6 is 0 Å². The first kappa shape index (κ1) is 14.1. The Balaban J connectivity index is 2.58. The predicted octanol–water partition coefficient (Wildman–Crippen LogP) is -0.597. The summed E-state index contributed by atoms with van der Waals surface area (Å²) >= 11 is 0. The lowest BCUT2D eigenvalue weighted by molar-refractivity contribution is -0.127. The number of nitrogens with one attached hydrogen (secondary N) is 2. The van der Waals surface area contributed by atoms with Crippen LogP contribution in [0.3, 0.4) is 0 Å². The van der Waals surface area contributed by atoms with Crippen molar-refractivity contribution >= 4 is 11.8 Å². The Labute approximate surface area is 105 Å². The molecule has 1 rings (SSSR count). The molecule has 0 aliphatic heterocycles. The van der Waals surface area contributed by atoms with Crippen molar-refractivity contribution in [3.8, 4) is 0 Å². The van der Waals surface area contributed by atoms with Gasteiger partial charge in [0.05, 0.1) is 12.0 Å². The minimum Gasteiger partial charge on any atom is -0.393 e. The zero-order valence-electron chi connectivity index (χ0n) is 10.1. The number of benzene rings is 1. The van der Waals surface area contributed by atoms with Crippen LogP contribution in [0.4, 0.5) is 0 Å². The Morgan fingerprint density at radius 1 is 1.33 bits per heavy atom. The summed E-state index contributed by atoms with van der Waals surface area (Å²) in [6.07, 6.45) is -0.898. The van der Waals surface area contributed by atoms with Crippen LogP contribution in [0.5, 0.6) is 0 Å². The third-order valence-electron chi connectivity index (χ3n) is 2.58. The van der Waals surface area contributed by atoms with Crippen LogP contribution in [0.1, 0.15) is 17.3 Å². The number of aliphatic hydroxyl groups is 1. The molecule has 0 aliphatic rings. The molecule has 0 radical (unpaired) electrons. The monoisotopic (exact) mass is 251 g/mol. The van der Waals surface area contributed by atoms with E-state index in [4.69, 9.17) is 5.84 Å². The second kappa shape index (κ2) is 6.73. The number of nitrogens with two attached hydrogens (primary N) is 1. The van der Waals surface area contributed by atoms with Gasteiger partial charge in [-0.3, -0.25) is 15.0 Å². The van der Waals surface area contributed by atoms with Crippen molar-refractivity contribution in [1.29, 1.82) is 0 Å². The van der Waals surface area contributed by atoms with E-state index in [1.807, 2.05) is 5.43 Å². The molecule has 0 saturated heterocycles. The number of hydrazine groups is 1. The fourth-order valence-corrected chi connectivity index (χ4v) is 1.48. The van der Waals surface area contributed by atoms with Gasteiger partial charge in [0.25, 0.3) is 5.91 Å². The first-order chi connectivity index (χ1) is 8.56. The van der Waals surface area contributed by atoms with Crippen LogP contribution in [-0.4, -0.2) is 29.6 Å². The third kappa shape index (κ3) is 3.83. The van der Waals surface area contributed by atoms with Gasteiger partial charge in [-0.2, -0.15) is 0 Å². The van der Waals surface area contributed by atoms with E-state index in [-0.39, 0.29) is 12.5 Å². The van der Waals surface area contributed by atoms with E-state index >= 15 is 0 Å². The van der Waals surface area contributed by atoms with Gasteiger partial charge in [0, 0.05) is 12.1 Å². The molecule has 0 saturated carbocycles. The topological polar surface area (TPSA) is 104 Å². The third-order valence-corrected chi connectivity index (χ3v) is 2.58. The molecule has 5 N–H and O–H groups in total. The standard InChI is InChI=1S/C12H17N3O3/c1-8(16)10(12(18)15-13)7-14-11(17)9-5-3-2-4-6-9/h2-6,8,10,16H,7,13H2,1H3,(H,14,17)(H,15,18). The maximum atomic E-state index is 11.7. The van der Waals surface area contributed by atoms with Gasteiger partial charge in [-0.25, -0.2) is 5.84 Å². The first-order valence-electron chi connectivity index (χ1n) is 5.58. The van der Waals surface area contributed by atoms with Gasteiger partial charge in [-0.15, -0.1) is 0 Å². The lowest BCUT2D eigenvalue weighted by Gasteiger charge is -2.18. The summed E-state index contributed by atoms with van der Waals surface area (Å²) in [6.45, 7) is 1.49. The molecule has 1 aromatic carbocycles. The molecule has 0 spiro atoms. The average molecular weight is 251 g/mol. The van der Waals surface area contributed by atoms with Crippen molar-refractivity contribution in [2.45, 2.75) is 13.0 Å². The van der Waals surface area contributed by atoms with E-state index in [1.54, 1.807) is 30.3 Å². The lowest BCUT2D eigenvalue weighted by Crippen LogP contribution is -2.46. The summed E-state index contributed by atoms with van der Waals surface area (Å²) in [7, 11) is 0. The molecule has 0 heterocycles. The van der Waals surface area contributed by atoms with E-state index in [1.165, 1.54) is 6.92 Å². The van der Waals surface area contributed by atoms with Gasteiger partial charge in [-0.1, -0.05) is 18.2 Å². The van der Waals surface area contributed by atoms with E-state index < -0.39 is 17.9 Å². The van der Waals surface area contributed by atoms with Crippen LogP contribution in [0.2, 0.25) is 0 Å². The number of hydrogen-bond acceptors (Lipinski definition) is 4. The van der Waals surface area contributed by atoms with Crippen LogP contribution in [-0.2, 0) is 4.79 Å². The normalized spacial score (nSPS) is 13.5. The lowest BCUT2D eigenvalue weighted by atomic mass is 10.0. The van der Waals surface area contributed by atoms with E-state index in [0.29, 0.717) is 5.56 Å². The summed E-state index contributed by atoms with van der Waals surface area (Å²) in [5.41, 5.74) is 2.46. The maximum absolute atomic E-state index is 11.7. The highest BCUT2D eigenvalue weighted by Gasteiger charge is 2.23. The minimum atomic E-state index is -0.898. The van der Waals surface area contributed by atoms with Crippen molar-refractivity contribution in [1.82, 2.24) is 10.7 Å². The number of aliphatic hydroxyl groups excluding tert-OH is 1. The highest BCUT2D eigenvalue weighted by molar-refractivity contribution is 5.94. The van der Waals surface area contributed by atoms with Gasteiger partial charge in [0.2, 0.25) is 5.91 Å². The summed E-state index contributed by atoms with van der Waals surface area (Å²) < 4.78 is 0. The van der Waals surface area contributed by atoms with Crippen molar-refractivity contribution in [2.75, 3.05) is 6.54 Å². The number of amides is 2. The highest BCUT2D eigenvalue weighted by atomic mass is 16.3. The quantitative estimate of drug-likeness (QED) is 0.319. The Kier molecular flexibility index (Phi) is 5.29. The molecule has 0 fully saturated rings. The fourth-order valence-electron chi connectivity index (χ4n) is 1.48. The molecular formula is C12H17N3O3. The van der Waals surface area contributed by atoms with Gasteiger partial charge >= 0.3 is 0 Å². The average Bonchev–Trinajstić information content (AvgIpc) is 2.39. The summed E-state index contributed by atoms with van der Waals surface area (Å²) in [4.78, 5) is 23.1.